The van der Waals surface area contributed by atoms with E-state index in [4.69, 9.17) is 16.2 Å². The summed E-state index contributed by atoms with van der Waals surface area (Å²) < 4.78 is 5.03. The second-order valence-electron chi connectivity index (χ2n) is 10.8. The Kier molecular flexibility index (Phi) is 15.7. The predicted molar refractivity (Wildman–Crippen MR) is 170 cm³/mol. The molecule has 2 rings (SSSR count). The minimum absolute atomic E-state index is 0.0110. The third-order valence-electron chi connectivity index (χ3n) is 7.09. The van der Waals surface area contributed by atoms with E-state index < -0.39 is 12.1 Å². The van der Waals surface area contributed by atoms with Gasteiger partial charge in [-0.1, -0.05) is 65.8 Å². The van der Waals surface area contributed by atoms with Gasteiger partial charge in [0.1, 0.15) is 6.61 Å². The minimum Gasteiger partial charge on any atom is -0.447 e. The van der Waals surface area contributed by atoms with Gasteiger partial charge in [0.15, 0.2) is 11.7 Å². The number of aliphatic imine (C=N–C) groups is 2. The predicted octanol–water partition coefficient (Wildman–Crippen LogP) is 4.23. The molecule has 5 N–H and O–H groups in total. The van der Waals surface area contributed by atoms with Crippen molar-refractivity contribution >= 4 is 51.3 Å². The van der Waals surface area contributed by atoms with E-state index in [2.05, 4.69) is 29.1 Å². The highest BCUT2D eigenvalue weighted by Gasteiger charge is 2.30. The summed E-state index contributed by atoms with van der Waals surface area (Å²) >= 11 is 0. The first-order valence-electron chi connectivity index (χ1n) is 14.2. The Morgan fingerprint density at radius 3 is 2.32 bits per heavy atom. The van der Waals surface area contributed by atoms with Gasteiger partial charge in [0.25, 0.3) is 0 Å². The number of ether oxygens (including phenoxy) is 1. The van der Waals surface area contributed by atoms with E-state index in [0.29, 0.717) is 36.9 Å². The molecule has 10 nitrogen and oxygen atoms in total. The van der Waals surface area contributed by atoms with Crippen LogP contribution in [0.5, 0.6) is 0 Å². The number of hydrogen-bond acceptors (Lipinski definition) is 6. The molecule has 1 atom stereocenters. The third kappa shape index (κ3) is 13.7. The number of nitrogens with two attached hydrogens (primary N) is 2. The maximum absolute atomic E-state index is 13.2. The summed E-state index contributed by atoms with van der Waals surface area (Å²) in [6.45, 7) is 4.67. The molecule has 1 aromatic rings. The lowest BCUT2D eigenvalue weighted by atomic mass is 9.76. The molecule has 12 heteroatoms. The zero-order valence-corrected chi connectivity index (χ0v) is 26.3. The van der Waals surface area contributed by atoms with Crippen molar-refractivity contribution in [3.63, 3.8) is 0 Å². The topological polar surface area (TPSA) is 152 Å². The monoisotopic (exact) mass is 606 g/mol. The van der Waals surface area contributed by atoms with Crippen LogP contribution in [0.3, 0.4) is 0 Å². The van der Waals surface area contributed by atoms with Gasteiger partial charge >= 0.3 is 6.09 Å². The summed E-state index contributed by atoms with van der Waals surface area (Å²) in [6.07, 6.45) is 4.69. The molecule has 41 heavy (non-hydrogen) atoms. The lowest BCUT2D eigenvalue weighted by molar-refractivity contribution is -0.131. The normalized spacial score (nSPS) is 18.6. The zero-order chi connectivity index (χ0) is 30.2. The number of ketones is 1. The van der Waals surface area contributed by atoms with Gasteiger partial charge in [-0.15, -0.1) is 4.99 Å². The molecular weight excluding hydrogens is 560 g/mol. The van der Waals surface area contributed by atoms with Gasteiger partial charge in [-0.25, -0.2) is 4.79 Å². The first-order valence-corrected chi connectivity index (χ1v) is 16.7. The van der Waals surface area contributed by atoms with Crippen LogP contribution in [0.4, 0.5) is 4.79 Å². The molecule has 1 unspecified atom stereocenters. The molecule has 0 radical (unpaired) electrons. The van der Waals surface area contributed by atoms with Crippen LogP contribution < -0.4 is 16.8 Å². The van der Waals surface area contributed by atoms with E-state index >= 15 is 0 Å². The number of nitrogens with one attached hydrogen (secondary N) is 1. The molecule has 1 aliphatic carbocycles. The van der Waals surface area contributed by atoms with Gasteiger partial charge in [-0.2, -0.15) is 4.99 Å². The molecule has 228 valence electrons. The number of guanidine groups is 2. The van der Waals surface area contributed by atoms with Crippen molar-refractivity contribution in [1.29, 1.82) is 0 Å². The van der Waals surface area contributed by atoms with E-state index in [1.54, 1.807) is 35.7 Å². The average molecular weight is 607 g/mol. The van der Waals surface area contributed by atoms with Gasteiger partial charge in [0.2, 0.25) is 11.9 Å². The summed E-state index contributed by atoms with van der Waals surface area (Å²) in [5.41, 5.74) is 12.2. The molecule has 0 aromatic heterocycles. The van der Waals surface area contributed by atoms with Crippen molar-refractivity contribution in [1.82, 2.24) is 10.2 Å². The Balaban J connectivity index is 1.73. The second-order valence-corrected chi connectivity index (χ2v) is 13.5. The standard InChI is InChI=1S/C29H46N6O4S2/c1-20(2)22-12-14-23(15-13-22)26(37)32-24(19-21-9-6-5-7-10-21)25(36)11-8-17-40-41-18-16-39-29(38)34-27(30)33-28(31)35(3)4/h5-7,9-10,20,22-24H,8,11-19H2,1-4H3,(H,32,37)(H4,30,31,33,34,38). The van der Waals surface area contributed by atoms with Crippen molar-refractivity contribution in [2.75, 3.05) is 32.2 Å². The van der Waals surface area contributed by atoms with Crippen molar-refractivity contribution in [3.05, 3.63) is 35.9 Å². The smallest absolute Gasteiger partial charge is 0.436 e. The lowest BCUT2D eigenvalue weighted by Crippen LogP contribution is -2.45. The fourth-order valence-corrected chi connectivity index (χ4v) is 6.48. The first-order chi connectivity index (χ1) is 19.6. The fourth-order valence-electron chi connectivity index (χ4n) is 4.56. The molecule has 0 aliphatic heterocycles. The summed E-state index contributed by atoms with van der Waals surface area (Å²) in [7, 11) is 6.54. The molecule has 1 aliphatic rings. The lowest BCUT2D eigenvalue weighted by Gasteiger charge is -2.31. The van der Waals surface area contributed by atoms with Crippen LogP contribution in [0, 0.1) is 17.8 Å². The van der Waals surface area contributed by atoms with Crippen LogP contribution in [0.15, 0.2) is 40.3 Å². The average Bonchev–Trinajstić information content (AvgIpc) is 2.94. The van der Waals surface area contributed by atoms with E-state index in [1.165, 1.54) is 4.90 Å². The summed E-state index contributed by atoms with van der Waals surface area (Å²) in [4.78, 5) is 46.9. The van der Waals surface area contributed by atoms with Crippen molar-refractivity contribution in [2.45, 2.75) is 64.8 Å². The second kappa shape index (κ2) is 18.7. The van der Waals surface area contributed by atoms with Crippen LogP contribution in [0.2, 0.25) is 0 Å². The molecule has 0 heterocycles. The van der Waals surface area contributed by atoms with Crippen LogP contribution in [0.1, 0.15) is 57.9 Å². The number of amides is 2. The highest BCUT2D eigenvalue weighted by Crippen LogP contribution is 2.33. The number of Topliss-reactive ketones (excluding diaryl/α,β-unsaturated/α-hetero) is 1. The summed E-state index contributed by atoms with van der Waals surface area (Å²) in [5.74, 6) is 2.57. The highest BCUT2D eigenvalue weighted by atomic mass is 33.1. The molecule has 1 saturated carbocycles. The van der Waals surface area contributed by atoms with E-state index in [1.807, 2.05) is 30.3 Å². The van der Waals surface area contributed by atoms with E-state index in [-0.39, 0.29) is 36.1 Å². The molecule has 0 saturated heterocycles. The highest BCUT2D eigenvalue weighted by molar-refractivity contribution is 8.76. The Labute approximate surface area is 252 Å². The Hall–Kier alpha value is -2.73. The van der Waals surface area contributed by atoms with Gasteiger partial charge < -0.3 is 26.4 Å². The molecule has 2 amide bonds. The van der Waals surface area contributed by atoms with Crippen LogP contribution in [-0.4, -0.2) is 72.9 Å². The molecule has 0 spiro atoms. The molecule has 0 bridgehead atoms. The largest absolute Gasteiger partial charge is 0.447 e. The maximum atomic E-state index is 13.2. The minimum atomic E-state index is -0.825. The number of nitrogens with zero attached hydrogens (tertiary/aromatic N) is 3. The van der Waals surface area contributed by atoms with Crippen molar-refractivity contribution in [3.8, 4) is 0 Å². The van der Waals surface area contributed by atoms with E-state index in [9.17, 15) is 14.4 Å². The quantitative estimate of drug-likeness (QED) is 0.122. The van der Waals surface area contributed by atoms with Crippen molar-refractivity contribution in [2.24, 2.45) is 39.2 Å². The van der Waals surface area contributed by atoms with Crippen LogP contribution in [0.25, 0.3) is 0 Å². The molecular formula is C29H46N6O4S2. The van der Waals surface area contributed by atoms with Gasteiger partial charge in [-0.05, 0) is 55.9 Å². The Morgan fingerprint density at radius 2 is 1.68 bits per heavy atom. The zero-order valence-electron chi connectivity index (χ0n) is 24.7. The summed E-state index contributed by atoms with van der Waals surface area (Å²) in [5, 5.41) is 3.10. The Morgan fingerprint density at radius 1 is 1.02 bits per heavy atom. The van der Waals surface area contributed by atoms with Crippen LogP contribution >= 0.6 is 21.6 Å². The van der Waals surface area contributed by atoms with Gasteiger partial charge in [0.05, 0.1) is 6.04 Å². The van der Waals surface area contributed by atoms with Gasteiger partial charge in [-0.3, -0.25) is 9.59 Å². The maximum Gasteiger partial charge on any atom is 0.436 e. The number of hydrogen-bond donors (Lipinski definition) is 3. The Bertz CT molecular complexity index is 1030. The molecule has 1 fully saturated rings. The fraction of sp³-hybridized carbons (Fsp3) is 0.621. The first kappa shape index (κ1) is 34.5. The summed E-state index contributed by atoms with van der Waals surface area (Å²) in [6, 6.07) is 9.31. The van der Waals surface area contributed by atoms with Crippen LogP contribution in [-0.2, 0) is 20.7 Å². The number of rotatable bonds is 14. The van der Waals surface area contributed by atoms with Gasteiger partial charge in [0, 0.05) is 37.9 Å². The SMILES string of the molecule is CC(C)C1CCC(C(=O)NC(Cc2ccccc2)C(=O)CCCSSCCOC(=O)/N=C(N)/N=C(\N)N(C)C)CC1. The number of carbonyl (C=O) groups excluding carboxylic acids is 3. The van der Waals surface area contributed by atoms with Crippen molar-refractivity contribution < 1.29 is 19.1 Å². The molecule has 1 aromatic carbocycles. The number of benzene rings is 1. The number of carbonyl (C=O) groups is 3. The third-order valence-corrected chi connectivity index (χ3v) is 9.55. The van der Waals surface area contributed by atoms with E-state index in [0.717, 1.165) is 37.0 Å².